The fourth-order valence-corrected chi connectivity index (χ4v) is 2.11. The predicted octanol–water partition coefficient (Wildman–Crippen LogP) is 0.0393. The van der Waals surface area contributed by atoms with Crippen LogP contribution in [0.3, 0.4) is 0 Å². The summed E-state index contributed by atoms with van der Waals surface area (Å²) < 4.78 is 0. The molecule has 0 amide bonds. The third-order valence-electron chi connectivity index (χ3n) is 2.50. The second kappa shape index (κ2) is 1.96. The minimum Gasteiger partial charge on any atom is -0.327 e. The normalized spacial score (nSPS) is 49.7. The molecule has 3 atom stereocenters. The second-order valence-corrected chi connectivity index (χ2v) is 3.41. The summed E-state index contributed by atoms with van der Waals surface area (Å²) in [6, 6.07) is 0.478. The van der Waals surface area contributed by atoms with Crippen LogP contribution in [0.2, 0.25) is 0 Å². The van der Waals surface area contributed by atoms with E-state index in [0.29, 0.717) is 6.04 Å². The molecule has 2 fully saturated rings. The molecule has 0 saturated carbocycles. The monoisotopic (exact) mass is 126 g/mol. The van der Waals surface area contributed by atoms with Gasteiger partial charge in [0.1, 0.15) is 0 Å². The quantitative estimate of drug-likeness (QED) is 0.496. The highest BCUT2D eigenvalue weighted by molar-refractivity contribution is 4.86. The lowest BCUT2D eigenvalue weighted by atomic mass is 9.98. The number of nitrogens with zero attached hydrogens (tertiary/aromatic N) is 1. The van der Waals surface area contributed by atoms with E-state index in [4.69, 9.17) is 5.73 Å². The average molecular weight is 126 g/mol. The van der Waals surface area contributed by atoms with E-state index in [1.54, 1.807) is 0 Å². The van der Waals surface area contributed by atoms with Gasteiger partial charge in [0, 0.05) is 19.1 Å². The lowest BCUT2D eigenvalue weighted by Crippen LogP contribution is -2.41. The number of fused-ring (bicyclic) bond motifs is 2. The number of nitrogens with two attached hydrogens (primary N) is 1. The summed E-state index contributed by atoms with van der Waals surface area (Å²) in [5.74, 6) is 0.939. The molecule has 2 aliphatic heterocycles. The molecule has 0 aromatic heterocycles. The SMILES string of the molecule is N[C@@H]1CC2CCN(C2)C1. The van der Waals surface area contributed by atoms with Gasteiger partial charge < -0.3 is 10.6 Å². The lowest BCUT2D eigenvalue weighted by molar-refractivity contribution is 0.244. The Kier molecular flexibility index (Phi) is 1.24. The Morgan fingerprint density at radius 3 is 3.00 bits per heavy atom. The van der Waals surface area contributed by atoms with Crippen molar-refractivity contribution in [3.8, 4) is 0 Å². The minimum atomic E-state index is 0.478. The molecule has 2 bridgehead atoms. The Morgan fingerprint density at radius 2 is 2.22 bits per heavy atom. The van der Waals surface area contributed by atoms with Gasteiger partial charge in [0.15, 0.2) is 0 Å². The Labute approximate surface area is 56.0 Å². The number of hydrogen-bond acceptors (Lipinski definition) is 2. The first-order chi connectivity index (χ1) is 4.34. The van der Waals surface area contributed by atoms with Gasteiger partial charge in [-0.3, -0.25) is 0 Å². The van der Waals surface area contributed by atoms with E-state index in [2.05, 4.69) is 4.90 Å². The molecular formula is C7H14N2. The molecule has 0 spiro atoms. The Bertz CT molecular complexity index is 101. The Hall–Kier alpha value is -0.0800. The summed E-state index contributed by atoms with van der Waals surface area (Å²) in [6.07, 6.45) is 2.67. The van der Waals surface area contributed by atoms with Gasteiger partial charge in [-0.2, -0.15) is 0 Å². The highest BCUT2D eigenvalue weighted by Crippen LogP contribution is 2.25. The molecular weight excluding hydrogens is 112 g/mol. The van der Waals surface area contributed by atoms with Crippen molar-refractivity contribution in [3.05, 3.63) is 0 Å². The van der Waals surface area contributed by atoms with Crippen LogP contribution in [0.5, 0.6) is 0 Å². The van der Waals surface area contributed by atoms with Crippen molar-refractivity contribution in [1.82, 2.24) is 4.90 Å². The third kappa shape index (κ3) is 0.970. The van der Waals surface area contributed by atoms with Gasteiger partial charge in [0.05, 0.1) is 0 Å². The molecule has 2 heteroatoms. The summed E-state index contributed by atoms with van der Waals surface area (Å²) in [7, 11) is 0. The predicted molar refractivity (Wildman–Crippen MR) is 37.1 cm³/mol. The Morgan fingerprint density at radius 1 is 1.33 bits per heavy atom. The summed E-state index contributed by atoms with van der Waals surface area (Å²) >= 11 is 0. The summed E-state index contributed by atoms with van der Waals surface area (Å²) in [6.45, 7) is 3.78. The molecule has 2 unspecified atom stereocenters. The zero-order chi connectivity index (χ0) is 6.27. The van der Waals surface area contributed by atoms with E-state index in [-0.39, 0.29) is 0 Å². The number of piperidine rings is 1. The zero-order valence-corrected chi connectivity index (χ0v) is 5.71. The molecule has 52 valence electrons. The van der Waals surface area contributed by atoms with Crippen LogP contribution >= 0.6 is 0 Å². The smallest absolute Gasteiger partial charge is 0.0170 e. The summed E-state index contributed by atoms with van der Waals surface area (Å²) in [5, 5.41) is 0. The second-order valence-electron chi connectivity index (χ2n) is 3.41. The summed E-state index contributed by atoms with van der Waals surface area (Å²) in [5.41, 5.74) is 5.81. The van der Waals surface area contributed by atoms with Gasteiger partial charge in [0.2, 0.25) is 0 Å². The van der Waals surface area contributed by atoms with Crippen LogP contribution in [-0.4, -0.2) is 30.6 Å². The van der Waals surface area contributed by atoms with Gasteiger partial charge >= 0.3 is 0 Å². The molecule has 0 radical (unpaired) electrons. The van der Waals surface area contributed by atoms with Crippen LogP contribution in [-0.2, 0) is 0 Å². The molecule has 0 aromatic rings. The average Bonchev–Trinajstić information content (AvgIpc) is 2.11. The van der Waals surface area contributed by atoms with E-state index in [1.165, 1.54) is 25.9 Å². The first-order valence-corrected chi connectivity index (χ1v) is 3.82. The van der Waals surface area contributed by atoms with Crippen LogP contribution in [0.15, 0.2) is 0 Å². The van der Waals surface area contributed by atoms with Crippen molar-refractivity contribution in [3.63, 3.8) is 0 Å². The van der Waals surface area contributed by atoms with Crippen LogP contribution in [0.25, 0.3) is 0 Å². The van der Waals surface area contributed by atoms with Gasteiger partial charge in [-0.05, 0) is 25.3 Å². The minimum absolute atomic E-state index is 0.478. The van der Waals surface area contributed by atoms with Crippen molar-refractivity contribution in [2.75, 3.05) is 19.6 Å². The van der Waals surface area contributed by atoms with Crippen molar-refractivity contribution < 1.29 is 0 Å². The maximum Gasteiger partial charge on any atom is 0.0170 e. The van der Waals surface area contributed by atoms with Gasteiger partial charge in [0.25, 0.3) is 0 Å². The Balaban J connectivity index is 2.03. The third-order valence-corrected chi connectivity index (χ3v) is 2.50. The molecule has 2 heterocycles. The molecule has 9 heavy (non-hydrogen) atoms. The first kappa shape index (κ1) is 5.69. The number of hydrogen-bond donors (Lipinski definition) is 1. The lowest BCUT2D eigenvalue weighted by Gasteiger charge is -2.26. The van der Waals surface area contributed by atoms with Crippen molar-refractivity contribution >= 4 is 0 Å². The highest BCUT2D eigenvalue weighted by atomic mass is 15.2. The molecule has 2 rings (SSSR count). The molecule has 2 N–H and O–H groups in total. The van der Waals surface area contributed by atoms with E-state index in [1.807, 2.05) is 0 Å². The van der Waals surface area contributed by atoms with Crippen LogP contribution in [0, 0.1) is 5.92 Å². The van der Waals surface area contributed by atoms with E-state index >= 15 is 0 Å². The van der Waals surface area contributed by atoms with Gasteiger partial charge in [-0.1, -0.05) is 0 Å². The first-order valence-electron chi connectivity index (χ1n) is 3.82. The standard InChI is InChI=1S/C7H14N2/c8-7-3-6-1-2-9(4-6)5-7/h6-7H,1-5,8H2/t6?,7-/m1/s1. The fraction of sp³-hybridized carbons (Fsp3) is 1.00. The van der Waals surface area contributed by atoms with Gasteiger partial charge in [-0.25, -0.2) is 0 Å². The van der Waals surface area contributed by atoms with Crippen molar-refractivity contribution in [1.29, 1.82) is 0 Å². The topological polar surface area (TPSA) is 29.3 Å². The molecule has 0 aromatic carbocycles. The molecule has 2 saturated heterocycles. The van der Waals surface area contributed by atoms with Crippen molar-refractivity contribution in [2.45, 2.75) is 18.9 Å². The summed E-state index contributed by atoms with van der Waals surface area (Å²) in [4.78, 5) is 2.48. The highest BCUT2D eigenvalue weighted by Gasteiger charge is 2.29. The maximum atomic E-state index is 5.81. The van der Waals surface area contributed by atoms with Crippen LogP contribution in [0.1, 0.15) is 12.8 Å². The maximum absolute atomic E-state index is 5.81. The largest absolute Gasteiger partial charge is 0.327 e. The van der Waals surface area contributed by atoms with Crippen LogP contribution in [0.4, 0.5) is 0 Å². The van der Waals surface area contributed by atoms with Crippen LogP contribution < -0.4 is 5.73 Å². The fourth-order valence-electron chi connectivity index (χ4n) is 2.11. The van der Waals surface area contributed by atoms with E-state index in [9.17, 15) is 0 Å². The molecule has 2 aliphatic rings. The van der Waals surface area contributed by atoms with Crippen molar-refractivity contribution in [2.24, 2.45) is 11.7 Å². The van der Waals surface area contributed by atoms with Gasteiger partial charge in [-0.15, -0.1) is 0 Å². The molecule has 0 aliphatic carbocycles. The number of rotatable bonds is 0. The molecule has 2 nitrogen and oxygen atoms in total. The zero-order valence-electron chi connectivity index (χ0n) is 5.71. The van der Waals surface area contributed by atoms with E-state index in [0.717, 1.165) is 12.5 Å². The van der Waals surface area contributed by atoms with E-state index < -0.39 is 0 Å².